The van der Waals surface area contributed by atoms with Crippen molar-refractivity contribution < 1.29 is 19.0 Å². The molecule has 0 aliphatic heterocycles. The summed E-state index contributed by atoms with van der Waals surface area (Å²) in [6.45, 7) is 2.51. The molecule has 0 unspecified atom stereocenters. The van der Waals surface area contributed by atoms with Crippen LogP contribution in [0.1, 0.15) is 30.9 Å². The molecule has 0 saturated carbocycles. The van der Waals surface area contributed by atoms with Crippen molar-refractivity contribution in [2.24, 2.45) is 0 Å². The molecule has 0 radical (unpaired) electrons. The number of hydrogen-bond acceptors (Lipinski definition) is 5. The molecular formula is C22H22BrNO4. The molecule has 0 bridgehead atoms. The number of methoxy groups -OCH3 is 1. The molecule has 5 nitrogen and oxygen atoms in total. The van der Waals surface area contributed by atoms with E-state index >= 15 is 0 Å². The van der Waals surface area contributed by atoms with Crippen molar-refractivity contribution in [2.75, 3.05) is 13.7 Å². The Morgan fingerprint density at radius 2 is 1.96 bits per heavy atom. The molecule has 0 aliphatic carbocycles. The van der Waals surface area contributed by atoms with Crippen LogP contribution in [-0.2, 0) is 11.2 Å². The van der Waals surface area contributed by atoms with E-state index in [0.717, 1.165) is 22.2 Å². The third-order valence-electron chi connectivity index (χ3n) is 3.95. The fourth-order valence-electron chi connectivity index (χ4n) is 2.46. The van der Waals surface area contributed by atoms with Gasteiger partial charge in [-0.25, -0.2) is 0 Å². The van der Waals surface area contributed by atoms with Gasteiger partial charge in [-0.1, -0.05) is 19.1 Å². The van der Waals surface area contributed by atoms with E-state index in [1.54, 1.807) is 24.3 Å². The summed E-state index contributed by atoms with van der Waals surface area (Å²) in [5.74, 6) is 1.18. The summed E-state index contributed by atoms with van der Waals surface area (Å²) in [6.07, 6.45) is 4.74. The van der Waals surface area contributed by atoms with Crippen LogP contribution in [0.4, 0.5) is 0 Å². The predicted molar refractivity (Wildman–Crippen MR) is 112 cm³/mol. The predicted octanol–water partition coefficient (Wildman–Crippen LogP) is 5.32. The molecule has 0 aliphatic rings. The first-order valence-electron chi connectivity index (χ1n) is 8.93. The quantitative estimate of drug-likeness (QED) is 0.227. The Balaban J connectivity index is 1.84. The Labute approximate surface area is 173 Å². The summed E-state index contributed by atoms with van der Waals surface area (Å²) >= 11 is 3.50. The van der Waals surface area contributed by atoms with E-state index in [0.29, 0.717) is 24.5 Å². The van der Waals surface area contributed by atoms with Crippen LogP contribution in [-0.4, -0.2) is 19.7 Å². The monoisotopic (exact) mass is 443 g/mol. The van der Waals surface area contributed by atoms with Crippen molar-refractivity contribution in [1.82, 2.24) is 0 Å². The zero-order valence-electron chi connectivity index (χ0n) is 15.9. The average Bonchev–Trinajstić information content (AvgIpc) is 2.71. The lowest BCUT2D eigenvalue weighted by Crippen LogP contribution is -2.10. The van der Waals surface area contributed by atoms with Gasteiger partial charge in [0.25, 0.3) is 0 Å². The second kappa shape index (κ2) is 11.2. The minimum atomic E-state index is -0.359. The number of benzene rings is 2. The molecule has 28 heavy (non-hydrogen) atoms. The molecule has 0 amide bonds. The number of ether oxygens (including phenoxy) is 3. The lowest BCUT2D eigenvalue weighted by atomic mass is 10.2. The topological polar surface area (TPSA) is 68.5 Å². The Morgan fingerprint density at radius 3 is 2.64 bits per heavy atom. The van der Waals surface area contributed by atoms with Crippen molar-refractivity contribution in [2.45, 2.75) is 26.2 Å². The van der Waals surface area contributed by atoms with Crippen LogP contribution in [0.15, 0.2) is 46.9 Å². The molecule has 2 aromatic carbocycles. The van der Waals surface area contributed by atoms with Gasteiger partial charge in [-0.3, -0.25) is 4.79 Å². The van der Waals surface area contributed by atoms with Gasteiger partial charge in [0.1, 0.15) is 5.75 Å². The van der Waals surface area contributed by atoms with Crippen LogP contribution in [0.25, 0.3) is 6.08 Å². The highest BCUT2D eigenvalue weighted by Crippen LogP contribution is 2.29. The minimum Gasteiger partial charge on any atom is -0.493 e. The summed E-state index contributed by atoms with van der Waals surface area (Å²) in [5, 5.41) is 8.59. The van der Waals surface area contributed by atoms with Gasteiger partial charge in [0.2, 0.25) is 0 Å². The second-order valence-corrected chi connectivity index (χ2v) is 6.77. The van der Waals surface area contributed by atoms with Gasteiger partial charge in [-0.15, -0.1) is 0 Å². The number of esters is 1. The molecule has 2 rings (SSSR count). The largest absolute Gasteiger partial charge is 0.493 e. The van der Waals surface area contributed by atoms with Crippen LogP contribution in [0.3, 0.4) is 0 Å². The number of carbonyl (C=O) groups is 1. The van der Waals surface area contributed by atoms with Crippen molar-refractivity contribution in [1.29, 1.82) is 5.26 Å². The highest BCUT2D eigenvalue weighted by Gasteiger charge is 2.11. The third-order valence-corrected chi connectivity index (χ3v) is 4.57. The number of allylic oxidation sites excluding steroid dienone is 1. The number of nitriles is 1. The van der Waals surface area contributed by atoms with Gasteiger partial charge in [-0.2, -0.15) is 5.26 Å². The lowest BCUT2D eigenvalue weighted by Gasteiger charge is -2.11. The van der Waals surface area contributed by atoms with E-state index in [9.17, 15) is 4.79 Å². The number of halogens is 1. The first-order chi connectivity index (χ1) is 13.6. The Kier molecular flexibility index (Phi) is 8.57. The fraction of sp³-hybridized carbons (Fsp3) is 0.273. The summed E-state index contributed by atoms with van der Waals surface area (Å²) in [6, 6.07) is 13.0. The van der Waals surface area contributed by atoms with Crippen molar-refractivity contribution in [3.8, 4) is 23.3 Å². The van der Waals surface area contributed by atoms with E-state index in [1.807, 2.05) is 24.3 Å². The molecule has 0 fully saturated rings. The first-order valence-corrected chi connectivity index (χ1v) is 9.72. The number of hydrogen-bond donors (Lipinski definition) is 0. The molecule has 0 spiro atoms. The maximum Gasteiger partial charge on any atom is 0.311 e. The van der Waals surface area contributed by atoms with E-state index in [4.69, 9.17) is 19.5 Å². The van der Waals surface area contributed by atoms with Crippen LogP contribution in [0.5, 0.6) is 17.2 Å². The Hall–Kier alpha value is -2.78. The standard InChI is InChI=1S/C22H22BrNO4/c1-3-16-8-10-19(18(23)14-16)27-13-5-7-22(25)28-20-11-9-17(6-4-12-24)15-21(20)26-2/h4,6,8-11,14-15H,3,5,7,13H2,1-2H3/b6-4-. The molecule has 0 N–H and O–H groups in total. The van der Waals surface area contributed by atoms with Crippen LogP contribution >= 0.6 is 15.9 Å². The zero-order valence-corrected chi connectivity index (χ0v) is 17.5. The van der Waals surface area contributed by atoms with Crippen LogP contribution in [0.2, 0.25) is 0 Å². The van der Waals surface area contributed by atoms with E-state index in [-0.39, 0.29) is 12.4 Å². The van der Waals surface area contributed by atoms with E-state index in [2.05, 4.69) is 22.9 Å². The first kappa shape index (κ1) is 21.5. The summed E-state index contributed by atoms with van der Waals surface area (Å²) in [5.41, 5.74) is 2.01. The number of carbonyl (C=O) groups excluding carboxylic acids is 1. The van der Waals surface area contributed by atoms with Gasteiger partial charge >= 0.3 is 5.97 Å². The second-order valence-electron chi connectivity index (χ2n) is 5.92. The normalized spacial score (nSPS) is 10.5. The smallest absolute Gasteiger partial charge is 0.311 e. The van der Waals surface area contributed by atoms with Crippen molar-refractivity contribution in [3.05, 3.63) is 58.1 Å². The van der Waals surface area contributed by atoms with Crippen molar-refractivity contribution in [3.63, 3.8) is 0 Å². The number of aryl methyl sites for hydroxylation is 1. The minimum absolute atomic E-state index is 0.226. The molecule has 0 saturated heterocycles. The molecule has 0 aromatic heterocycles. The van der Waals surface area contributed by atoms with Gasteiger partial charge in [0.15, 0.2) is 11.5 Å². The average molecular weight is 444 g/mol. The Morgan fingerprint density at radius 1 is 1.18 bits per heavy atom. The summed E-state index contributed by atoms with van der Waals surface area (Å²) < 4.78 is 17.3. The lowest BCUT2D eigenvalue weighted by molar-refractivity contribution is -0.134. The summed E-state index contributed by atoms with van der Waals surface area (Å²) in [4.78, 5) is 12.1. The molecule has 6 heteroatoms. The fourth-order valence-corrected chi connectivity index (χ4v) is 3.00. The van der Waals surface area contributed by atoms with Gasteiger partial charge < -0.3 is 14.2 Å². The van der Waals surface area contributed by atoms with Crippen molar-refractivity contribution >= 4 is 28.0 Å². The SMILES string of the molecule is CCc1ccc(OCCCC(=O)Oc2ccc(/C=C\C#N)cc2OC)c(Br)c1. The third kappa shape index (κ3) is 6.43. The zero-order chi connectivity index (χ0) is 20.4. The van der Waals surface area contributed by atoms with Crippen LogP contribution < -0.4 is 14.2 Å². The van der Waals surface area contributed by atoms with E-state index in [1.165, 1.54) is 18.7 Å². The van der Waals surface area contributed by atoms with Crippen LogP contribution in [0, 0.1) is 11.3 Å². The summed E-state index contributed by atoms with van der Waals surface area (Å²) in [7, 11) is 1.50. The molecular weight excluding hydrogens is 422 g/mol. The number of nitrogens with zero attached hydrogens (tertiary/aromatic N) is 1. The van der Waals surface area contributed by atoms with Gasteiger partial charge in [0, 0.05) is 12.5 Å². The maximum absolute atomic E-state index is 12.1. The molecule has 0 atom stereocenters. The van der Waals surface area contributed by atoms with Gasteiger partial charge in [0.05, 0.1) is 24.3 Å². The van der Waals surface area contributed by atoms with E-state index < -0.39 is 0 Å². The number of rotatable bonds is 9. The molecule has 2 aromatic rings. The molecule has 146 valence electrons. The Bertz CT molecular complexity index is 887. The maximum atomic E-state index is 12.1. The molecule has 0 heterocycles. The van der Waals surface area contributed by atoms with Gasteiger partial charge in [-0.05, 0) is 70.2 Å². The highest BCUT2D eigenvalue weighted by molar-refractivity contribution is 9.10. The highest BCUT2D eigenvalue weighted by atomic mass is 79.9.